The Kier molecular flexibility index (Phi) is 4.34. The second kappa shape index (κ2) is 6.24. The lowest BCUT2D eigenvalue weighted by molar-refractivity contribution is -0.156. The van der Waals surface area contributed by atoms with Crippen molar-refractivity contribution in [1.29, 1.82) is 0 Å². The molecule has 0 amide bonds. The Bertz CT molecular complexity index is 881. The number of benzene rings is 1. The van der Waals surface area contributed by atoms with Gasteiger partial charge in [-0.1, -0.05) is 11.6 Å². The minimum Gasteiger partial charge on any atom is -0.496 e. The molecule has 3 rings (SSSR count). The van der Waals surface area contributed by atoms with Crippen molar-refractivity contribution in [3.8, 4) is 5.75 Å². The summed E-state index contributed by atoms with van der Waals surface area (Å²) < 4.78 is 11.1. The van der Waals surface area contributed by atoms with Gasteiger partial charge in [0.25, 0.3) is 0 Å². The molecule has 0 saturated heterocycles. The van der Waals surface area contributed by atoms with E-state index < -0.39 is 11.5 Å². The largest absolute Gasteiger partial charge is 0.496 e. The fourth-order valence-corrected chi connectivity index (χ4v) is 3.47. The van der Waals surface area contributed by atoms with Gasteiger partial charge in [0, 0.05) is 11.1 Å². The number of ether oxygens (including phenoxy) is 2. The quantitative estimate of drug-likeness (QED) is 0.754. The molecule has 0 aromatic heterocycles. The van der Waals surface area contributed by atoms with Crippen molar-refractivity contribution in [2.75, 3.05) is 7.11 Å². The molecule has 2 aliphatic carbocycles. The minimum absolute atomic E-state index is 0.222. The molecule has 0 N–H and O–H groups in total. The van der Waals surface area contributed by atoms with Crippen molar-refractivity contribution in [1.82, 2.24) is 0 Å². The molecule has 1 unspecified atom stereocenters. The summed E-state index contributed by atoms with van der Waals surface area (Å²) in [6.07, 6.45) is 4.91. The summed E-state index contributed by atoms with van der Waals surface area (Å²) in [7, 11) is 1.45. The molecule has 1 atom stereocenters. The fraction of sp³-hybridized carbons (Fsp3) is 0.381. The van der Waals surface area contributed by atoms with Gasteiger partial charge in [0.2, 0.25) is 0 Å². The molecule has 136 valence electrons. The maximum atomic E-state index is 12.8. The van der Waals surface area contributed by atoms with Gasteiger partial charge in [-0.15, -0.1) is 0 Å². The first-order chi connectivity index (χ1) is 12.1. The van der Waals surface area contributed by atoms with Crippen LogP contribution in [0.4, 0.5) is 0 Å². The molecule has 5 heteroatoms. The Morgan fingerprint density at radius 3 is 2.42 bits per heavy atom. The van der Waals surface area contributed by atoms with E-state index >= 15 is 0 Å². The Morgan fingerprint density at radius 1 is 1.15 bits per heavy atom. The van der Waals surface area contributed by atoms with Gasteiger partial charge in [-0.05, 0) is 57.9 Å². The summed E-state index contributed by atoms with van der Waals surface area (Å²) in [5.74, 6) is -1.20. The number of hydrogen-bond acceptors (Lipinski definition) is 5. The summed E-state index contributed by atoms with van der Waals surface area (Å²) in [5.41, 5.74) is 2.24. The molecular formula is C21H22O5. The van der Waals surface area contributed by atoms with E-state index in [-0.39, 0.29) is 23.1 Å². The molecule has 0 radical (unpaired) electrons. The van der Waals surface area contributed by atoms with Crippen LogP contribution in [0, 0.1) is 0 Å². The first-order valence-electron chi connectivity index (χ1n) is 8.54. The molecule has 5 nitrogen and oxygen atoms in total. The zero-order valence-corrected chi connectivity index (χ0v) is 15.6. The summed E-state index contributed by atoms with van der Waals surface area (Å²) in [5, 5.41) is 0. The number of carbonyl (C=O) groups excluding carboxylic acids is 3. The molecule has 2 aliphatic rings. The van der Waals surface area contributed by atoms with Gasteiger partial charge in [0.1, 0.15) is 11.4 Å². The number of methoxy groups -OCH3 is 1. The Labute approximate surface area is 152 Å². The van der Waals surface area contributed by atoms with Crippen LogP contribution in [0.25, 0.3) is 6.08 Å². The summed E-state index contributed by atoms with van der Waals surface area (Å²) >= 11 is 0. The third-order valence-electron chi connectivity index (χ3n) is 4.42. The molecule has 0 fully saturated rings. The van der Waals surface area contributed by atoms with Gasteiger partial charge in [-0.2, -0.15) is 0 Å². The molecule has 26 heavy (non-hydrogen) atoms. The van der Waals surface area contributed by atoms with E-state index in [1.54, 1.807) is 6.07 Å². The maximum Gasteiger partial charge on any atom is 0.314 e. The molecule has 0 saturated carbocycles. The number of carbonyl (C=O) groups is 3. The number of esters is 1. The number of ketones is 2. The number of hydrogen-bond donors (Lipinski definition) is 0. The van der Waals surface area contributed by atoms with Crippen molar-refractivity contribution in [2.24, 2.45) is 0 Å². The van der Waals surface area contributed by atoms with Crippen molar-refractivity contribution in [2.45, 2.75) is 45.6 Å². The smallest absolute Gasteiger partial charge is 0.314 e. The zero-order valence-electron chi connectivity index (χ0n) is 15.6. The molecule has 0 spiro atoms. The van der Waals surface area contributed by atoms with Crippen LogP contribution in [-0.2, 0) is 9.53 Å². The predicted molar refractivity (Wildman–Crippen MR) is 97.6 cm³/mol. The monoisotopic (exact) mass is 354 g/mol. The highest BCUT2D eigenvalue weighted by atomic mass is 16.6. The lowest BCUT2D eigenvalue weighted by Crippen LogP contribution is -2.30. The summed E-state index contributed by atoms with van der Waals surface area (Å²) in [4.78, 5) is 37.5. The summed E-state index contributed by atoms with van der Waals surface area (Å²) in [6, 6.07) is 1.68. The SMILES string of the molecule is COc1c2c(cc3c1C(C(=O)OC(C)(C)C)CC(C)=C3)C(=O)C=CC2=O. The second-order valence-corrected chi connectivity index (χ2v) is 7.68. The van der Waals surface area contributed by atoms with Crippen LogP contribution in [-0.4, -0.2) is 30.2 Å². The highest BCUT2D eigenvalue weighted by molar-refractivity contribution is 6.23. The third-order valence-corrected chi connectivity index (χ3v) is 4.42. The minimum atomic E-state index is -0.623. The van der Waals surface area contributed by atoms with E-state index in [4.69, 9.17) is 9.47 Å². The highest BCUT2D eigenvalue weighted by Crippen LogP contribution is 2.44. The van der Waals surface area contributed by atoms with Crippen LogP contribution >= 0.6 is 0 Å². The average molecular weight is 354 g/mol. The van der Waals surface area contributed by atoms with Crippen LogP contribution in [0.5, 0.6) is 5.75 Å². The van der Waals surface area contributed by atoms with Gasteiger partial charge in [-0.25, -0.2) is 0 Å². The van der Waals surface area contributed by atoms with Crippen LogP contribution < -0.4 is 4.74 Å². The number of allylic oxidation sites excluding steroid dienone is 3. The molecule has 0 heterocycles. The first kappa shape index (κ1) is 18.1. The van der Waals surface area contributed by atoms with Gasteiger partial charge in [0.05, 0.1) is 18.6 Å². The lowest BCUT2D eigenvalue weighted by Gasteiger charge is -2.30. The van der Waals surface area contributed by atoms with Crippen molar-refractivity contribution in [3.63, 3.8) is 0 Å². The van der Waals surface area contributed by atoms with E-state index in [9.17, 15) is 14.4 Å². The third kappa shape index (κ3) is 3.09. The Hall–Kier alpha value is -2.69. The predicted octanol–water partition coefficient (Wildman–Crippen LogP) is 3.86. The lowest BCUT2D eigenvalue weighted by atomic mass is 9.78. The van der Waals surface area contributed by atoms with Crippen LogP contribution in [0.3, 0.4) is 0 Å². The van der Waals surface area contributed by atoms with E-state index in [1.165, 1.54) is 19.3 Å². The summed E-state index contributed by atoms with van der Waals surface area (Å²) in [6.45, 7) is 7.37. The average Bonchev–Trinajstić information content (AvgIpc) is 2.54. The molecular weight excluding hydrogens is 332 g/mol. The Balaban J connectivity index is 2.23. The van der Waals surface area contributed by atoms with Crippen LogP contribution in [0.2, 0.25) is 0 Å². The number of fused-ring (bicyclic) bond motifs is 2. The fourth-order valence-electron chi connectivity index (χ4n) is 3.47. The number of rotatable bonds is 2. The van der Waals surface area contributed by atoms with E-state index in [0.717, 1.165) is 11.1 Å². The van der Waals surface area contributed by atoms with Crippen LogP contribution in [0.1, 0.15) is 71.9 Å². The Morgan fingerprint density at radius 2 is 1.81 bits per heavy atom. The van der Waals surface area contributed by atoms with E-state index in [1.807, 2.05) is 33.8 Å². The maximum absolute atomic E-state index is 12.8. The van der Waals surface area contributed by atoms with Gasteiger partial charge < -0.3 is 9.47 Å². The van der Waals surface area contributed by atoms with E-state index in [0.29, 0.717) is 23.3 Å². The van der Waals surface area contributed by atoms with Crippen molar-refractivity contribution >= 4 is 23.6 Å². The topological polar surface area (TPSA) is 69.7 Å². The standard InChI is InChI=1S/C21H22O5/c1-11-8-12-10-13-15(22)6-7-16(23)18(13)19(25-5)17(12)14(9-11)20(24)26-21(2,3)4/h6-8,10,14H,9H2,1-5H3. The van der Waals surface area contributed by atoms with Gasteiger partial charge >= 0.3 is 5.97 Å². The van der Waals surface area contributed by atoms with Gasteiger partial charge in [0.15, 0.2) is 11.6 Å². The van der Waals surface area contributed by atoms with Crippen molar-refractivity contribution in [3.05, 3.63) is 46.0 Å². The van der Waals surface area contributed by atoms with Crippen molar-refractivity contribution < 1.29 is 23.9 Å². The molecule has 0 bridgehead atoms. The van der Waals surface area contributed by atoms with Crippen LogP contribution in [0.15, 0.2) is 23.8 Å². The molecule has 1 aromatic rings. The van der Waals surface area contributed by atoms with E-state index in [2.05, 4.69) is 0 Å². The second-order valence-electron chi connectivity index (χ2n) is 7.68. The zero-order chi connectivity index (χ0) is 19.2. The molecule has 1 aromatic carbocycles. The first-order valence-corrected chi connectivity index (χ1v) is 8.54. The normalized spacial score (nSPS) is 18.8. The highest BCUT2D eigenvalue weighted by Gasteiger charge is 2.37. The molecule has 0 aliphatic heterocycles. The van der Waals surface area contributed by atoms with Gasteiger partial charge in [-0.3, -0.25) is 14.4 Å².